The number of hydrogen-bond donors (Lipinski definition) is 1. The number of rotatable bonds is 4. The average Bonchev–Trinajstić information content (AvgIpc) is 2.83. The predicted octanol–water partition coefficient (Wildman–Crippen LogP) is 5.09. The molecule has 0 bridgehead atoms. The van der Waals surface area contributed by atoms with E-state index in [4.69, 9.17) is 15.2 Å². The van der Waals surface area contributed by atoms with Crippen molar-refractivity contribution >= 4 is 11.6 Å². The number of nitrogens with two attached hydrogens (primary N) is 1. The van der Waals surface area contributed by atoms with Crippen LogP contribution in [-0.4, -0.2) is 25.8 Å². The van der Waals surface area contributed by atoms with Crippen LogP contribution in [-0.2, 0) is 20.5 Å². The lowest BCUT2D eigenvalue weighted by Crippen LogP contribution is -2.46. The van der Waals surface area contributed by atoms with Crippen LogP contribution in [0.25, 0.3) is 0 Å². The molecule has 0 aliphatic heterocycles. The van der Waals surface area contributed by atoms with E-state index in [1.165, 1.54) is 0 Å². The van der Waals surface area contributed by atoms with Gasteiger partial charge in [-0.3, -0.25) is 9.59 Å². The van der Waals surface area contributed by atoms with Crippen molar-refractivity contribution in [3.63, 3.8) is 0 Å². The van der Waals surface area contributed by atoms with Crippen molar-refractivity contribution in [1.82, 2.24) is 0 Å². The normalized spacial score (nSPS) is 25.5. The first-order valence-electron chi connectivity index (χ1n) is 11.5. The lowest BCUT2D eigenvalue weighted by molar-refractivity contribution is -0.126. The van der Waals surface area contributed by atoms with Crippen molar-refractivity contribution in [2.24, 2.45) is 5.73 Å². The number of hydrogen-bond acceptors (Lipinski definition) is 5. The molecule has 0 amide bonds. The zero-order valence-electron chi connectivity index (χ0n) is 19.5. The number of carbonyl (C=O) groups excluding carboxylic acids is 2. The second-order valence-corrected chi connectivity index (χ2v) is 9.03. The van der Waals surface area contributed by atoms with Gasteiger partial charge in [0, 0.05) is 12.8 Å². The molecule has 2 aliphatic rings. The lowest BCUT2D eigenvalue weighted by atomic mass is 9.70. The molecule has 0 saturated heterocycles. The minimum atomic E-state index is -0.799. The van der Waals surface area contributed by atoms with Crippen LogP contribution < -0.4 is 15.2 Å². The maximum Gasteiger partial charge on any atom is 0.157 e. The highest BCUT2D eigenvalue weighted by Gasteiger charge is 2.38. The Morgan fingerprint density at radius 2 is 1.28 bits per heavy atom. The molecule has 2 unspecified atom stereocenters. The van der Waals surface area contributed by atoms with Crippen LogP contribution in [0, 0.1) is 0 Å². The Bertz CT molecular complexity index is 879. The third kappa shape index (κ3) is 5.04. The summed E-state index contributed by atoms with van der Waals surface area (Å²) in [7, 11) is 3.27. The Morgan fingerprint density at radius 1 is 0.750 bits per heavy atom. The zero-order chi connectivity index (χ0) is 23.2. The average molecular weight is 438 g/mol. The molecule has 2 aromatic carbocycles. The zero-order valence-corrected chi connectivity index (χ0v) is 19.5. The quantitative estimate of drug-likeness (QED) is 0.721. The van der Waals surface area contributed by atoms with Gasteiger partial charge in [0.25, 0.3) is 0 Å². The molecule has 2 saturated carbocycles. The Balaban J connectivity index is 0.000000181. The Kier molecular flexibility index (Phi) is 7.73. The van der Waals surface area contributed by atoms with Gasteiger partial charge in [-0.05, 0) is 68.0 Å². The molecule has 5 heteroatoms. The van der Waals surface area contributed by atoms with Gasteiger partial charge in [-0.25, -0.2) is 0 Å². The van der Waals surface area contributed by atoms with E-state index in [0.29, 0.717) is 18.6 Å². The summed E-state index contributed by atoms with van der Waals surface area (Å²) in [6.45, 7) is 2.06. The summed E-state index contributed by atoms with van der Waals surface area (Å²) in [5, 5.41) is 0. The number of carbonyl (C=O) groups is 2. The molecule has 32 heavy (non-hydrogen) atoms. The summed E-state index contributed by atoms with van der Waals surface area (Å²) in [5.41, 5.74) is 7.11. The number of ether oxygens (including phenoxy) is 2. The number of ketones is 2. The Labute approximate surface area is 191 Å². The van der Waals surface area contributed by atoms with Crippen LogP contribution in [0.4, 0.5) is 0 Å². The van der Waals surface area contributed by atoms with Crippen LogP contribution in [0.1, 0.15) is 69.4 Å². The summed E-state index contributed by atoms with van der Waals surface area (Å²) in [6.07, 6.45) is 7.15. The first-order chi connectivity index (χ1) is 15.3. The number of Topliss-reactive ketones (excluding diaryl/α,β-unsaturated/α-hetero) is 2. The fourth-order valence-electron chi connectivity index (χ4n) is 4.71. The van der Waals surface area contributed by atoms with E-state index in [-0.39, 0.29) is 11.2 Å². The van der Waals surface area contributed by atoms with Crippen molar-refractivity contribution < 1.29 is 19.1 Å². The van der Waals surface area contributed by atoms with Crippen molar-refractivity contribution in [3.05, 3.63) is 59.7 Å². The van der Waals surface area contributed by atoms with Gasteiger partial charge < -0.3 is 15.2 Å². The van der Waals surface area contributed by atoms with Gasteiger partial charge in [-0.1, -0.05) is 37.1 Å². The summed E-state index contributed by atoms with van der Waals surface area (Å²) in [5.74, 6) is 2.09. The first kappa shape index (κ1) is 24.0. The monoisotopic (exact) mass is 437 g/mol. The molecule has 172 valence electrons. The highest BCUT2D eigenvalue weighted by Crippen LogP contribution is 2.37. The molecule has 2 aliphatic carbocycles. The fraction of sp³-hybridized carbons (Fsp3) is 0.481. The van der Waals surface area contributed by atoms with Crippen LogP contribution in [0.2, 0.25) is 0 Å². The third-order valence-corrected chi connectivity index (χ3v) is 6.96. The summed E-state index contributed by atoms with van der Waals surface area (Å²) >= 11 is 0. The highest BCUT2D eigenvalue weighted by atomic mass is 16.5. The maximum atomic E-state index is 12.1. The SMILES string of the molecule is COc1cccc(C2(C)CCCCC2=O)c1.COc1cccc(C2(N)CCCCC2=O)c1. The van der Waals surface area contributed by atoms with Crippen LogP contribution >= 0.6 is 0 Å². The van der Waals surface area contributed by atoms with Crippen molar-refractivity contribution in [3.8, 4) is 11.5 Å². The number of methoxy groups -OCH3 is 2. The van der Waals surface area contributed by atoms with Crippen molar-refractivity contribution in [2.75, 3.05) is 14.2 Å². The first-order valence-corrected chi connectivity index (χ1v) is 11.5. The summed E-state index contributed by atoms with van der Waals surface area (Å²) in [6, 6.07) is 15.4. The van der Waals surface area contributed by atoms with Gasteiger partial charge in [0.15, 0.2) is 5.78 Å². The molecule has 2 atom stereocenters. The fourth-order valence-corrected chi connectivity index (χ4v) is 4.71. The van der Waals surface area contributed by atoms with E-state index < -0.39 is 5.54 Å². The molecule has 0 spiro atoms. The van der Waals surface area contributed by atoms with Gasteiger partial charge in [-0.2, -0.15) is 0 Å². The molecule has 4 rings (SSSR count). The van der Waals surface area contributed by atoms with E-state index >= 15 is 0 Å². The lowest BCUT2D eigenvalue weighted by Gasteiger charge is -2.32. The maximum absolute atomic E-state index is 12.1. The van der Waals surface area contributed by atoms with Crippen LogP contribution in [0.15, 0.2) is 48.5 Å². The second-order valence-electron chi connectivity index (χ2n) is 9.03. The summed E-state index contributed by atoms with van der Waals surface area (Å²) < 4.78 is 10.4. The smallest absolute Gasteiger partial charge is 0.157 e. The second kappa shape index (κ2) is 10.3. The largest absolute Gasteiger partial charge is 0.497 e. The van der Waals surface area contributed by atoms with Gasteiger partial charge in [0.2, 0.25) is 0 Å². The molecular formula is C27H35NO4. The van der Waals surface area contributed by atoms with E-state index in [9.17, 15) is 9.59 Å². The van der Waals surface area contributed by atoms with Crippen LogP contribution in [0.3, 0.4) is 0 Å². The van der Waals surface area contributed by atoms with Gasteiger partial charge in [0.1, 0.15) is 22.8 Å². The van der Waals surface area contributed by atoms with E-state index in [0.717, 1.165) is 61.2 Å². The number of benzene rings is 2. The Hall–Kier alpha value is -2.66. The molecule has 0 heterocycles. The molecule has 2 N–H and O–H groups in total. The van der Waals surface area contributed by atoms with E-state index in [1.807, 2.05) is 48.5 Å². The van der Waals surface area contributed by atoms with E-state index in [2.05, 4.69) is 6.92 Å². The Morgan fingerprint density at radius 3 is 1.84 bits per heavy atom. The van der Waals surface area contributed by atoms with Gasteiger partial charge >= 0.3 is 0 Å². The minimum absolute atomic E-state index is 0.145. The van der Waals surface area contributed by atoms with Gasteiger partial charge in [-0.15, -0.1) is 0 Å². The minimum Gasteiger partial charge on any atom is -0.497 e. The highest BCUT2D eigenvalue weighted by molar-refractivity contribution is 5.90. The molecular weight excluding hydrogens is 402 g/mol. The van der Waals surface area contributed by atoms with Gasteiger partial charge in [0.05, 0.1) is 19.6 Å². The van der Waals surface area contributed by atoms with Crippen molar-refractivity contribution in [2.45, 2.75) is 69.2 Å². The summed E-state index contributed by atoms with van der Waals surface area (Å²) in [4.78, 5) is 24.0. The van der Waals surface area contributed by atoms with Crippen LogP contribution in [0.5, 0.6) is 11.5 Å². The molecule has 5 nitrogen and oxygen atoms in total. The van der Waals surface area contributed by atoms with E-state index in [1.54, 1.807) is 14.2 Å². The predicted molar refractivity (Wildman–Crippen MR) is 126 cm³/mol. The molecule has 2 fully saturated rings. The molecule has 0 aromatic heterocycles. The third-order valence-electron chi connectivity index (χ3n) is 6.96. The standard InChI is InChI=1S/C14H18O2.C13H17NO2/c1-14(9-4-3-8-13(14)15)11-6-5-7-12(10-11)16-2;1-16-11-6-4-5-10(9-11)13(14)8-3-2-7-12(13)15/h5-7,10H,3-4,8-9H2,1-2H3;4-6,9H,2-3,7-8,14H2,1H3. The molecule has 2 aromatic rings. The van der Waals surface area contributed by atoms with Crippen molar-refractivity contribution in [1.29, 1.82) is 0 Å². The molecule has 0 radical (unpaired) electrons. The topological polar surface area (TPSA) is 78.6 Å².